The lowest BCUT2D eigenvalue weighted by atomic mass is 10.0. The van der Waals surface area contributed by atoms with Crippen molar-refractivity contribution in [2.45, 2.75) is 55.8 Å². The van der Waals surface area contributed by atoms with Crippen molar-refractivity contribution in [2.24, 2.45) is 0 Å². The fraction of sp³-hybridized carbons (Fsp3) is 0.409. The summed E-state index contributed by atoms with van der Waals surface area (Å²) in [5, 5.41) is 2.23. The van der Waals surface area contributed by atoms with Gasteiger partial charge < -0.3 is 18.9 Å². The second-order valence-corrected chi connectivity index (χ2v) is 8.22. The number of ether oxygens (including phenoxy) is 4. The molecule has 0 amide bonds. The highest BCUT2D eigenvalue weighted by molar-refractivity contribution is 7.99. The minimum atomic E-state index is -0.862. The van der Waals surface area contributed by atoms with Crippen molar-refractivity contribution in [1.29, 1.82) is 0 Å². The first-order chi connectivity index (χ1) is 14.3. The van der Waals surface area contributed by atoms with Gasteiger partial charge in [-0.05, 0) is 22.9 Å². The van der Waals surface area contributed by atoms with Gasteiger partial charge in [0.25, 0.3) is 0 Å². The predicted octanol–water partition coefficient (Wildman–Crippen LogP) is 3.47. The van der Waals surface area contributed by atoms with Crippen LogP contribution in [0.3, 0.4) is 0 Å². The normalized spacial score (nSPS) is 23.6. The van der Waals surface area contributed by atoms with E-state index in [1.165, 1.54) is 32.5 Å². The van der Waals surface area contributed by atoms with Gasteiger partial charge in [0.15, 0.2) is 6.10 Å². The van der Waals surface area contributed by atoms with E-state index in [1.807, 2.05) is 36.4 Å². The van der Waals surface area contributed by atoms with Crippen LogP contribution < -0.4 is 0 Å². The third-order valence-corrected chi connectivity index (χ3v) is 5.64. The average molecular weight is 432 g/mol. The highest BCUT2D eigenvalue weighted by atomic mass is 32.2. The van der Waals surface area contributed by atoms with Crippen LogP contribution in [-0.4, -0.2) is 48.3 Å². The van der Waals surface area contributed by atoms with Crippen LogP contribution in [0.25, 0.3) is 10.8 Å². The van der Waals surface area contributed by atoms with Crippen molar-refractivity contribution >= 4 is 40.4 Å². The van der Waals surface area contributed by atoms with E-state index in [1.54, 1.807) is 0 Å². The predicted molar refractivity (Wildman–Crippen MR) is 111 cm³/mol. The molecule has 30 heavy (non-hydrogen) atoms. The number of fused-ring (bicyclic) bond motifs is 1. The molecule has 1 saturated heterocycles. The molecular weight excluding hydrogens is 408 g/mol. The van der Waals surface area contributed by atoms with Crippen LogP contribution in [0.15, 0.2) is 47.4 Å². The molecule has 1 heterocycles. The molecule has 2 aromatic rings. The maximum Gasteiger partial charge on any atom is 0.303 e. The van der Waals surface area contributed by atoms with Gasteiger partial charge in [0.1, 0.15) is 24.3 Å². The van der Waals surface area contributed by atoms with Crippen LogP contribution in [0.1, 0.15) is 27.2 Å². The summed E-state index contributed by atoms with van der Waals surface area (Å²) in [6.07, 6.45) is -2.00. The van der Waals surface area contributed by atoms with Gasteiger partial charge in [0.05, 0.1) is 0 Å². The van der Waals surface area contributed by atoms with Crippen LogP contribution in [0.5, 0.6) is 0 Å². The molecule has 2 aromatic carbocycles. The van der Waals surface area contributed by atoms with Crippen molar-refractivity contribution in [2.75, 3.05) is 6.61 Å². The lowest BCUT2D eigenvalue weighted by Gasteiger charge is -2.39. The van der Waals surface area contributed by atoms with Crippen LogP contribution in [0, 0.1) is 0 Å². The van der Waals surface area contributed by atoms with E-state index >= 15 is 0 Å². The molecule has 0 bridgehead atoms. The molecule has 0 unspecified atom stereocenters. The molecule has 160 valence electrons. The van der Waals surface area contributed by atoms with Gasteiger partial charge in [0.2, 0.25) is 0 Å². The van der Waals surface area contributed by atoms with Crippen molar-refractivity contribution in [3.63, 3.8) is 0 Å². The van der Waals surface area contributed by atoms with Crippen molar-refractivity contribution in [3.8, 4) is 0 Å². The molecule has 0 N–H and O–H groups in total. The third kappa shape index (κ3) is 5.96. The van der Waals surface area contributed by atoms with Crippen molar-refractivity contribution in [1.82, 2.24) is 0 Å². The van der Waals surface area contributed by atoms with Crippen LogP contribution >= 0.6 is 11.8 Å². The lowest BCUT2D eigenvalue weighted by molar-refractivity contribution is -0.204. The fourth-order valence-corrected chi connectivity index (χ4v) is 4.49. The first-order valence-electron chi connectivity index (χ1n) is 9.60. The monoisotopic (exact) mass is 432 g/mol. The molecule has 8 heteroatoms. The number of benzene rings is 2. The summed E-state index contributed by atoms with van der Waals surface area (Å²) in [7, 11) is 0. The standard InChI is InChI=1S/C22H24O7S/c1-13(23)26-12-20-22(28-15(3)25)19(27-14(2)24)11-21(29-20)30-18-9-8-16-6-4-5-7-17(16)10-18/h4-10,19-22H,11-12H2,1-3H3/t19-,20-,21-,22+/m1/s1. The minimum absolute atomic E-state index is 0.111. The maximum absolute atomic E-state index is 11.6. The fourth-order valence-electron chi connectivity index (χ4n) is 3.36. The molecule has 0 aliphatic carbocycles. The van der Waals surface area contributed by atoms with Gasteiger partial charge >= 0.3 is 17.9 Å². The van der Waals surface area contributed by atoms with Gasteiger partial charge in [-0.15, -0.1) is 0 Å². The SMILES string of the molecule is CC(=O)OC[C@H]1O[C@H](Sc2ccc3ccccc3c2)C[C@@H](OC(C)=O)[C@@H]1OC(C)=O. The number of rotatable bonds is 6. The molecule has 3 rings (SSSR count). The number of carbonyl (C=O) groups is 3. The van der Waals surface area contributed by atoms with Crippen LogP contribution in [-0.2, 0) is 33.3 Å². The molecule has 0 saturated carbocycles. The van der Waals surface area contributed by atoms with E-state index in [9.17, 15) is 14.4 Å². The molecule has 0 spiro atoms. The molecule has 7 nitrogen and oxygen atoms in total. The summed E-state index contributed by atoms with van der Waals surface area (Å²) >= 11 is 1.47. The Balaban J connectivity index is 1.81. The van der Waals surface area contributed by atoms with E-state index in [4.69, 9.17) is 18.9 Å². The molecule has 1 aliphatic heterocycles. The Bertz CT molecular complexity index is 929. The number of carbonyl (C=O) groups excluding carboxylic acids is 3. The van der Waals surface area contributed by atoms with E-state index in [0.717, 1.165) is 15.7 Å². The van der Waals surface area contributed by atoms with E-state index < -0.39 is 36.2 Å². The summed E-state index contributed by atoms with van der Waals surface area (Å²) in [6.45, 7) is 3.74. The number of hydrogen-bond donors (Lipinski definition) is 0. The Morgan fingerprint density at radius 2 is 1.67 bits per heavy atom. The zero-order valence-electron chi connectivity index (χ0n) is 17.0. The van der Waals surface area contributed by atoms with Gasteiger partial charge in [0, 0.05) is 32.1 Å². The maximum atomic E-state index is 11.6. The first-order valence-corrected chi connectivity index (χ1v) is 10.5. The lowest BCUT2D eigenvalue weighted by Crippen LogP contribution is -2.53. The van der Waals surface area contributed by atoms with Crippen molar-refractivity contribution < 1.29 is 33.3 Å². The Morgan fingerprint density at radius 3 is 2.33 bits per heavy atom. The summed E-state index contributed by atoms with van der Waals surface area (Å²) in [4.78, 5) is 35.5. The third-order valence-electron chi connectivity index (χ3n) is 4.54. The Kier molecular flexibility index (Phi) is 7.33. The van der Waals surface area contributed by atoms with Crippen LogP contribution in [0.4, 0.5) is 0 Å². The highest BCUT2D eigenvalue weighted by Crippen LogP contribution is 2.36. The second-order valence-electron chi connectivity index (χ2n) is 6.99. The molecule has 1 fully saturated rings. The summed E-state index contributed by atoms with van der Waals surface area (Å²) in [5.41, 5.74) is -0.386. The topological polar surface area (TPSA) is 88.1 Å². The number of hydrogen-bond acceptors (Lipinski definition) is 8. The van der Waals surface area contributed by atoms with Gasteiger partial charge in [-0.25, -0.2) is 0 Å². The molecule has 1 aliphatic rings. The minimum Gasteiger partial charge on any atom is -0.463 e. The molecule has 0 radical (unpaired) electrons. The molecule has 0 aromatic heterocycles. The Hall–Kier alpha value is -2.58. The van der Waals surface area contributed by atoms with Gasteiger partial charge in [-0.3, -0.25) is 14.4 Å². The highest BCUT2D eigenvalue weighted by Gasteiger charge is 2.44. The summed E-state index contributed by atoms with van der Waals surface area (Å²) in [6, 6.07) is 14.1. The number of esters is 3. The second kappa shape index (κ2) is 9.95. The Labute approximate surface area is 179 Å². The van der Waals surface area contributed by atoms with E-state index in [-0.39, 0.29) is 12.0 Å². The van der Waals surface area contributed by atoms with E-state index in [0.29, 0.717) is 6.42 Å². The quantitative estimate of drug-likeness (QED) is 0.506. The summed E-state index contributed by atoms with van der Waals surface area (Å²) in [5.74, 6) is -1.50. The van der Waals surface area contributed by atoms with Gasteiger partial charge in [-0.2, -0.15) is 0 Å². The molecular formula is C22H24O7S. The smallest absolute Gasteiger partial charge is 0.303 e. The van der Waals surface area contributed by atoms with E-state index in [2.05, 4.69) is 6.07 Å². The molecule has 4 atom stereocenters. The van der Waals surface area contributed by atoms with Gasteiger partial charge in [-0.1, -0.05) is 42.1 Å². The van der Waals surface area contributed by atoms with Crippen molar-refractivity contribution in [3.05, 3.63) is 42.5 Å². The largest absolute Gasteiger partial charge is 0.463 e. The van der Waals surface area contributed by atoms with Crippen LogP contribution in [0.2, 0.25) is 0 Å². The zero-order valence-corrected chi connectivity index (χ0v) is 17.8. The Morgan fingerprint density at radius 1 is 0.967 bits per heavy atom. The number of thioether (sulfide) groups is 1. The first kappa shape index (κ1) is 22.1. The summed E-state index contributed by atoms with van der Waals surface area (Å²) < 4.78 is 22.0. The zero-order chi connectivity index (χ0) is 21.7. The average Bonchev–Trinajstić information content (AvgIpc) is 2.67.